The summed E-state index contributed by atoms with van der Waals surface area (Å²) in [5, 5.41) is 11.4. The number of nitrogens with one attached hydrogen (secondary N) is 1. The number of benzene rings is 1. The van der Waals surface area contributed by atoms with Crippen LogP contribution in [0.1, 0.15) is 49.7 Å². The van der Waals surface area contributed by atoms with Crippen molar-refractivity contribution in [3.05, 3.63) is 53.7 Å². The van der Waals surface area contributed by atoms with Crippen LogP contribution in [0.5, 0.6) is 0 Å². The molecule has 2 rings (SSSR count). The molecule has 24 heavy (non-hydrogen) atoms. The lowest BCUT2D eigenvalue weighted by atomic mass is 10.1. The summed E-state index contributed by atoms with van der Waals surface area (Å²) in [6, 6.07) is 13.6. The van der Waals surface area contributed by atoms with E-state index in [9.17, 15) is 4.79 Å². The van der Waals surface area contributed by atoms with Crippen LogP contribution >= 0.6 is 0 Å². The standard InChI is InChI=1S/C19H26N4O/c1-4-5-13-20-18-12-11-17(21-22-18)19(24)23(15(2)3)14-16-9-7-6-8-10-16/h6-12,15H,4-5,13-14H2,1-3H3,(H,20,22). The van der Waals surface area contributed by atoms with E-state index in [0.29, 0.717) is 18.1 Å². The Morgan fingerprint density at radius 1 is 1.12 bits per heavy atom. The molecule has 2 aromatic rings. The molecule has 128 valence electrons. The zero-order valence-electron chi connectivity index (χ0n) is 14.7. The summed E-state index contributed by atoms with van der Waals surface area (Å²) in [4.78, 5) is 14.6. The van der Waals surface area contributed by atoms with E-state index >= 15 is 0 Å². The zero-order valence-corrected chi connectivity index (χ0v) is 14.7. The van der Waals surface area contributed by atoms with Gasteiger partial charge in [0.15, 0.2) is 5.69 Å². The minimum absolute atomic E-state index is 0.0851. The molecule has 0 spiro atoms. The molecule has 1 aromatic carbocycles. The number of amides is 1. The van der Waals surface area contributed by atoms with Gasteiger partial charge in [-0.25, -0.2) is 0 Å². The Balaban J connectivity index is 2.06. The maximum Gasteiger partial charge on any atom is 0.274 e. The first kappa shape index (κ1) is 17.9. The normalized spacial score (nSPS) is 10.7. The molecular formula is C19H26N4O. The average molecular weight is 326 g/mol. The first-order valence-electron chi connectivity index (χ1n) is 8.54. The Labute approximate surface area is 144 Å². The van der Waals surface area contributed by atoms with Crippen molar-refractivity contribution in [2.75, 3.05) is 11.9 Å². The van der Waals surface area contributed by atoms with Crippen molar-refractivity contribution in [2.45, 2.75) is 46.2 Å². The van der Waals surface area contributed by atoms with Gasteiger partial charge in [0.25, 0.3) is 5.91 Å². The molecule has 0 saturated heterocycles. The molecule has 0 bridgehead atoms. The third-order valence-corrected chi connectivity index (χ3v) is 3.80. The zero-order chi connectivity index (χ0) is 17.4. The lowest BCUT2D eigenvalue weighted by Gasteiger charge is -2.26. The van der Waals surface area contributed by atoms with Crippen molar-refractivity contribution in [2.24, 2.45) is 0 Å². The number of carbonyl (C=O) groups excluding carboxylic acids is 1. The Hall–Kier alpha value is -2.43. The molecule has 5 heteroatoms. The number of aromatic nitrogens is 2. The maximum absolute atomic E-state index is 12.8. The fourth-order valence-corrected chi connectivity index (χ4v) is 2.35. The molecule has 0 atom stereocenters. The minimum atomic E-state index is -0.0959. The van der Waals surface area contributed by atoms with Crippen molar-refractivity contribution in [3.63, 3.8) is 0 Å². The number of nitrogens with zero attached hydrogens (tertiary/aromatic N) is 3. The number of hydrogen-bond acceptors (Lipinski definition) is 4. The van der Waals surface area contributed by atoms with Crippen LogP contribution in [0, 0.1) is 0 Å². The first-order valence-corrected chi connectivity index (χ1v) is 8.54. The van der Waals surface area contributed by atoms with Crippen LogP contribution in [-0.4, -0.2) is 33.6 Å². The largest absolute Gasteiger partial charge is 0.369 e. The Bertz CT molecular complexity index is 626. The van der Waals surface area contributed by atoms with Crippen LogP contribution < -0.4 is 5.32 Å². The molecular weight excluding hydrogens is 300 g/mol. The van der Waals surface area contributed by atoms with E-state index in [0.717, 1.165) is 24.9 Å². The summed E-state index contributed by atoms with van der Waals surface area (Å²) in [7, 11) is 0. The SMILES string of the molecule is CCCCNc1ccc(C(=O)N(Cc2ccccc2)C(C)C)nn1. The summed E-state index contributed by atoms with van der Waals surface area (Å²) in [5.74, 6) is 0.612. The third kappa shape index (κ3) is 5.05. The second-order valence-corrected chi connectivity index (χ2v) is 6.10. The highest BCUT2D eigenvalue weighted by atomic mass is 16.2. The van der Waals surface area contributed by atoms with Gasteiger partial charge in [-0.15, -0.1) is 10.2 Å². The van der Waals surface area contributed by atoms with Crippen LogP contribution in [0.2, 0.25) is 0 Å². The van der Waals surface area contributed by atoms with E-state index in [1.165, 1.54) is 0 Å². The summed E-state index contributed by atoms with van der Waals surface area (Å²) in [6.07, 6.45) is 2.21. The van der Waals surface area contributed by atoms with Crippen LogP contribution in [-0.2, 0) is 6.54 Å². The molecule has 0 saturated carbocycles. The number of rotatable bonds is 8. The van der Waals surface area contributed by atoms with Gasteiger partial charge in [-0.2, -0.15) is 0 Å². The molecule has 1 aromatic heterocycles. The van der Waals surface area contributed by atoms with Gasteiger partial charge in [0.1, 0.15) is 5.82 Å². The van der Waals surface area contributed by atoms with Gasteiger partial charge in [-0.05, 0) is 38.0 Å². The van der Waals surface area contributed by atoms with Gasteiger partial charge in [-0.3, -0.25) is 4.79 Å². The van der Waals surface area contributed by atoms with Gasteiger partial charge in [0.05, 0.1) is 0 Å². The first-order chi connectivity index (χ1) is 11.6. The molecule has 1 amide bonds. The minimum Gasteiger partial charge on any atom is -0.369 e. The van der Waals surface area contributed by atoms with Crippen molar-refractivity contribution < 1.29 is 4.79 Å². The predicted octanol–water partition coefficient (Wildman–Crippen LogP) is 3.74. The number of hydrogen-bond donors (Lipinski definition) is 1. The monoisotopic (exact) mass is 326 g/mol. The van der Waals surface area contributed by atoms with E-state index in [-0.39, 0.29) is 11.9 Å². The number of unbranched alkanes of at least 4 members (excludes halogenated alkanes) is 1. The van der Waals surface area contributed by atoms with Gasteiger partial charge < -0.3 is 10.2 Å². The molecule has 0 aliphatic rings. The van der Waals surface area contributed by atoms with Gasteiger partial charge >= 0.3 is 0 Å². The quantitative estimate of drug-likeness (QED) is 0.751. The number of anilines is 1. The smallest absolute Gasteiger partial charge is 0.274 e. The van der Waals surface area contributed by atoms with Crippen molar-refractivity contribution in [3.8, 4) is 0 Å². The highest BCUT2D eigenvalue weighted by Gasteiger charge is 2.20. The third-order valence-electron chi connectivity index (χ3n) is 3.80. The molecule has 5 nitrogen and oxygen atoms in total. The van der Waals surface area contributed by atoms with Crippen LogP contribution in [0.15, 0.2) is 42.5 Å². The highest BCUT2D eigenvalue weighted by Crippen LogP contribution is 2.13. The van der Waals surface area contributed by atoms with Crippen molar-refractivity contribution >= 4 is 11.7 Å². The number of carbonyl (C=O) groups is 1. The fraction of sp³-hybridized carbons (Fsp3) is 0.421. The summed E-state index contributed by atoms with van der Waals surface area (Å²) in [5.41, 5.74) is 1.48. The lowest BCUT2D eigenvalue weighted by Crippen LogP contribution is -2.37. The molecule has 1 heterocycles. The van der Waals surface area contributed by atoms with Gasteiger partial charge in [0.2, 0.25) is 0 Å². The summed E-state index contributed by atoms with van der Waals surface area (Å²) >= 11 is 0. The second kappa shape index (κ2) is 9.01. The van der Waals surface area contributed by atoms with Gasteiger partial charge in [0, 0.05) is 19.1 Å². The fourth-order valence-electron chi connectivity index (χ4n) is 2.35. The molecule has 1 N–H and O–H groups in total. The van der Waals surface area contributed by atoms with E-state index < -0.39 is 0 Å². The van der Waals surface area contributed by atoms with E-state index in [2.05, 4.69) is 22.4 Å². The summed E-state index contributed by atoms with van der Waals surface area (Å²) < 4.78 is 0. The summed E-state index contributed by atoms with van der Waals surface area (Å²) in [6.45, 7) is 7.59. The van der Waals surface area contributed by atoms with E-state index in [1.807, 2.05) is 55.1 Å². The van der Waals surface area contributed by atoms with Crippen LogP contribution in [0.3, 0.4) is 0 Å². The van der Waals surface area contributed by atoms with Crippen LogP contribution in [0.25, 0.3) is 0 Å². The molecule has 0 unspecified atom stereocenters. The Morgan fingerprint density at radius 2 is 1.88 bits per heavy atom. The molecule has 0 fully saturated rings. The molecule has 0 aliphatic carbocycles. The van der Waals surface area contributed by atoms with Crippen LogP contribution in [0.4, 0.5) is 5.82 Å². The van der Waals surface area contributed by atoms with E-state index in [1.54, 1.807) is 6.07 Å². The second-order valence-electron chi connectivity index (χ2n) is 6.10. The van der Waals surface area contributed by atoms with Crippen molar-refractivity contribution in [1.29, 1.82) is 0 Å². The highest BCUT2D eigenvalue weighted by molar-refractivity contribution is 5.92. The van der Waals surface area contributed by atoms with Crippen molar-refractivity contribution in [1.82, 2.24) is 15.1 Å². The Kier molecular flexibility index (Phi) is 6.73. The maximum atomic E-state index is 12.8. The lowest BCUT2D eigenvalue weighted by molar-refractivity contribution is 0.0683. The average Bonchev–Trinajstić information content (AvgIpc) is 2.60. The molecule has 0 aliphatic heterocycles. The van der Waals surface area contributed by atoms with Gasteiger partial charge in [-0.1, -0.05) is 43.7 Å². The predicted molar refractivity (Wildman–Crippen MR) is 96.9 cm³/mol. The molecule has 0 radical (unpaired) electrons. The van der Waals surface area contributed by atoms with E-state index in [4.69, 9.17) is 0 Å². The topological polar surface area (TPSA) is 58.1 Å². The Morgan fingerprint density at radius 3 is 2.46 bits per heavy atom.